The fourth-order valence-electron chi connectivity index (χ4n) is 2.69. The molecule has 1 aromatic rings. The van der Waals surface area contributed by atoms with E-state index in [4.69, 9.17) is 0 Å². The highest BCUT2D eigenvalue weighted by Gasteiger charge is 2.19. The lowest BCUT2D eigenvalue weighted by atomic mass is 10.2. The zero-order valence-electron chi connectivity index (χ0n) is 12.8. The van der Waals surface area contributed by atoms with Gasteiger partial charge in [0.25, 0.3) is 0 Å². The summed E-state index contributed by atoms with van der Waals surface area (Å²) in [5.74, 6) is -0.190. The van der Waals surface area contributed by atoms with Crippen LogP contribution in [0.4, 0.5) is 10.1 Å². The van der Waals surface area contributed by atoms with E-state index < -0.39 is 0 Å². The highest BCUT2D eigenvalue weighted by atomic mass is 19.1. The summed E-state index contributed by atoms with van der Waals surface area (Å²) >= 11 is 0. The Balaban J connectivity index is 1.78. The summed E-state index contributed by atoms with van der Waals surface area (Å²) in [6.07, 6.45) is 1.08. The molecule has 0 bridgehead atoms. The van der Waals surface area contributed by atoms with Crippen molar-refractivity contribution in [1.29, 1.82) is 0 Å². The number of aliphatic hydroxyl groups is 1. The minimum Gasteiger partial charge on any atom is -0.395 e. The van der Waals surface area contributed by atoms with E-state index in [1.165, 1.54) is 12.1 Å². The van der Waals surface area contributed by atoms with E-state index in [-0.39, 0.29) is 18.5 Å². The monoisotopic (exact) mass is 295 g/mol. The van der Waals surface area contributed by atoms with Crippen LogP contribution in [0.15, 0.2) is 24.3 Å². The van der Waals surface area contributed by atoms with Crippen molar-refractivity contribution in [3.05, 3.63) is 30.1 Å². The maximum Gasteiger partial charge on any atom is 0.123 e. The van der Waals surface area contributed by atoms with Crippen molar-refractivity contribution < 1.29 is 9.50 Å². The van der Waals surface area contributed by atoms with Crippen molar-refractivity contribution in [2.45, 2.75) is 19.4 Å². The molecule has 21 heavy (non-hydrogen) atoms. The van der Waals surface area contributed by atoms with Crippen molar-refractivity contribution in [1.82, 2.24) is 10.2 Å². The molecule has 1 atom stereocenters. The molecule has 0 saturated carbocycles. The first-order valence-corrected chi connectivity index (χ1v) is 7.80. The standard InChI is InChI=1S/C16H26FN3O/c1-2-7-18-15(13-21)12-19-8-10-20(11-9-19)16-5-3-14(17)4-6-16/h3-6,15,18,21H,2,7-13H2,1H3. The van der Waals surface area contributed by atoms with Gasteiger partial charge in [0.05, 0.1) is 6.61 Å². The van der Waals surface area contributed by atoms with E-state index in [0.29, 0.717) is 0 Å². The predicted molar refractivity (Wildman–Crippen MR) is 84.2 cm³/mol. The van der Waals surface area contributed by atoms with Gasteiger partial charge in [0.15, 0.2) is 0 Å². The SMILES string of the molecule is CCCNC(CO)CN1CCN(c2ccc(F)cc2)CC1. The Kier molecular flexibility index (Phi) is 6.42. The molecule has 0 aromatic heterocycles. The van der Waals surface area contributed by atoms with Crippen LogP contribution in [-0.2, 0) is 0 Å². The molecule has 2 N–H and O–H groups in total. The molecule has 118 valence electrons. The van der Waals surface area contributed by atoms with Crippen LogP contribution in [0.2, 0.25) is 0 Å². The molecule has 0 amide bonds. The van der Waals surface area contributed by atoms with E-state index in [2.05, 4.69) is 22.0 Å². The number of halogens is 1. The lowest BCUT2D eigenvalue weighted by Gasteiger charge is -2.37. The molecule has 1 heterocycles. The minimum absolute atomic E-state index is 0.155. The molecule has 1 fully saturated rings. The van der Waals surface area contributed by atoms with Crippen molar-refractivity contribution in [2.24, 2.45) is 0 Å². The van der Waals surface area contributed by atoms with Crippen LogP contribution in [0.3, 0.4) is 0 Å². The van der Waals surface area contributed by atoms with Gasteiger partial charge in [-0.1, -0.05) is 6.92 Å². The van der Waals surface area contributed by atoms with E-state index in [1.54, 1.807) is 0 Å². The third-order valence-electron chi connectivity index (χ3n) is 3.95. The summed E-state index contributed by atoms with van der Waals surface area (Å²) < 4.78 is 12.9. The van der Waals surface area contributed by atoms with Gasteiger partial charge in [-0.15, -0.1) is 0 Å². The summed E-state index contributed by atoms with van der Waals surface area (Å²) in [4.78, 5) is 4.66. The van der Waals surface area contributed by atoms with Crippen LogP contribution in [0, 0.1) is 5.82 Å². The van der Waals surface area contributed by atoms with Gasteiger partial charge in [-0.25, -0.2) is 4.39 Å². The Labute approximate surface area is 126 Å². The Morgan fingerprint density at radius 2 is 1.86 bits per heavy atom. The van der Waals surface area contributed by atoms with Crippen LogP contribution in [-0.4, -0.2) is 61.9 Å². The van der Waals surface area contributed by atoms with Gasteiger partial charge in [0.1, 0.15) is 5.82 Å². The first kappa shape index (κ1) is 16.2. The summed E-state index contributed by atoms with van der Waals surface area (Å²) in [5.41, 5.74) is 1.08. The second kappa shape index (κ2) is 8.32. The molecule has 1 saturated heterocycles. The minimum atomic E-state index is -0.190. The van der Waals surface area contributed by atoms with Crippen LogP contribution in [0.1, 0.15) is 13.3 Å². The fourth-order valence-corrected chi connectivity index (χ4v) is 2.69. The molecule has 1 aliphatic rings. The van der Waals surface area contributed by atoms with Gasteiger partial charge in [0.2, 0.25) is 0 Å². The Hall–Kier alpha value is -1.17. The van der Waals surface area contributed by atoms with Crippen LogP contribution in [0.5, 0.6) is 0 Å². The quantitative estimate of drug-likeness (QED) is 0.795. The molecular weight excluding hydrogens is 269 g/mol. The third-order valence-corrected chi connectivity index (χ3v) is 3.95. The number of nitrogens with one attached hydrogen (secondary N) is 1. The van der Waals surface area contributed by atoms with Crippen molar-refractivity contribution in [3.63, 3.8) is 0 Å². The van der Waals surface area contributed by atoms with Gasteiger partial charge < -0.3 is 15.3 Å². The van der Waals surface area contributed by atoms with Crippen LogP contribution in [0.25, 0.3) is 0 Å². The number of piperazine rings is 1. The average molecular weight is 295 g/mol. The fraction of sp³-hybridized carbons (Fsp3) is 0.625. The lowest BCUT2D eigenvalue weighted by Crippen LogP contribution is -2.51. The maximum atomic E-state index is 12.9. The van der Waals surface area contributed by atoms with E-state index in [9.17, 15) is 9.50 Å². The highest BCUT2D eigenvalue weighted by molar-refractivity contribution is 5.46. The number of rotatable bonds is 7. The number of anilines is 1. The second-order valence-electron chi connectivity index (χ2n) is 5.60. The van der Waals surface area contributed by atoms with E-state index in [1.807, 2.05) is 12.1 Å². The Morgan fingerprint density at radius 1 is 1.19 bits per heavy atom. The van der Waals surface area contributed by atoms with Gasteiger partial charge >= 0.3 is 0 Å². The molecule has 5 heteroatoms. The summed E-state index contributed by atoms with van der Waals surface area (Å²) in [7, 11) is 0. The number of nitrogens with zero attached hydrogens (tertiary/aromatic N) is 2. The van der Waals surface area contributed by atoms with Crippen molar-refractivity contribution in [3.8, 4) is 0 Å². The first-order valence-electron chi connectivity index (χ1n) is 7.80. The summed E-state index contributed by atoms with van der Waals surface area (Å²) in [6, 6.07) is 6.85. The van der Waals surface area contributed by atoms with Crippen molar-refractivity contribution >= 4 is 5.69 Å². The largest absolute Gasteiger partial charge is 0.395 e. The molecule has 2 rings (SSSR count). The summed E-state index contributed by atoms with van der Waals surface area (Å²) in [6.45, 7) is 7.97. The molecule has 1 aliphatic heterocycles. The predicted octanol–water partition coefficient (Wildman–Crippen LogP) is 1.31. The molecule has 1 unspecified atom stereocenters. The number of hydrogen-bond donors (Lipinski definition) is 2. The first-order chi connectivity index (χ1) is 10.2. The zero-order valence-corrected chi connectivity index (χ0v) is 12.8. The zero-order chi connectivity index (χ0) is 15.1. The number of benzene rings is 1. The normalized spacial score (nSPS) is 18.0. The molecular formula is C16H26FN3O. The highest BCUT2D eigenvalue weighted by Crippen LogP contribution is 2.16. The number of aliphatic hydroxyl groups excluding tert-OH is 1. The van der Waals surface area contributed by atoms with Gasteiger partial charge in [-0.3, -0.25) is 4.90 Å². The third kappa shape index (κ3) is 4.95. The molecule has 0 spiro atoms. The topological polar surface area (TPSA) is 38.7 Å². The van der Waals surface area contributed by atoms with E-state index >= 15 is 0 Å². The molecule has 0 radical (unpaired) electrons. The molecule has 1 aromatic carbocycles. The van der Waals surface area contributed by atoms with Gasteiger partial charge in [0, 0.05) is 44.5 Å². The van der Waals surface area contributed by atoms with Crippen LogP contribution < -0.4 is 10.2 Å². The van der Waals surface area contributed by atoms with E-state index in [0.717, 1.165) is 51.4 Å². The number of hydrogen-bond acceptors (Lipinski definition) is 4. The Morgan fingerprint density at radius 3 is 2.43 bits per heavy atom. The Bertz CT molecular complexity index is 404. The smallest absolute Gasteiger partial charge is 0.123 e. The summed E-state index contributed by atoms with van der Waals surface area (Å²) in [5, 5.41) is 12.8. The second-order valence-corrected chi connectivity index (χ2v) is 5.60. The molecule has 4 nitrogen and oxygen atoms in total. The van der Waals surface area contributed by atoms with Crippen LogP contribution >= 0.6 is 0 Å². The lowest BCUT2D eigenvalue weighted by molar-refractivity contribution is 0.175. The molecule has 0 aliphatic carbocycles. The van der Waals surface area contributed by atoms with Crippen molar-refractivity contribution in [2.75, 3.05) is 50.8 Å². The van der Waals surface area contributed by atoms with Gasteiger partial charge in [-0.2, -0.15) is 0 Å². The maximum absolute atomic E-state index is 12.9. The van der Waals surface area contributed by atoms with Gasteiger partial charge in [-0.05, 0) is 37.2 Å². The average Bonchev–Trinajstić information content (AvgIpc) is 2.53.